The molecule has 1 unspecified atom stereocenters. The smallest absolute Gasteiger partial charge is 0.0713 e. The van der Waals surface area contributed by atoms with Crippen molar-refractivity contribution in [1.82, 2.24) is 5.43 Å². The summed E-state index contributed by atoms with van der Waals surface area (Å²) in [6.45, 7) is 4.23. The monoisotopic (exact) mass is 352 g/mol. The zero-order chi connectivity index (χ0) is 13.1. The lowest BCUT2D eigenvalue weighted by Gasteiger charge is -2.19. The van der Waals surface area contributed by atoms with Crippen LogP contribution in [-0.2, 0) is 0 Å². The maximum absolute atomic E-state index is 5.74. The molecule has 0 bridgehead atoms. The fourth-order valence-electron chi connectivity index (χ4n) is 2.20. The summed E-state index contributed by atoms with van der Waals surface area (Å²) >= 11 is 2.32. The van der Waals surface area contributed by atoms with E-state index in [4.69, 9.17) is 5.84 Å². The predicted molar refractivity (Wildman–Crippen MR) is 84.2 cm³/mol. The molecule has 2 nitrogen and oxygen atoms in total. The van der Waals surface area contributed by atoms with Gasteiger partial charge in [0.25, 0.3) is 0 Å². The second-order valence-electron chi connectivity index (χ2n) is 4.51. The SMILES string of the molecule is Cc1ccc(C(NN)c2cccc(I)c2)c(C)c1. The van der Waals surface area contributed by atoms with E-state index >= 15 is 0 Å². The van der Waals surface area contributed by atoms with E-state index in [1.54, 1.807) is 0 Å². The lowest BCUT2D eigenvalue weighted by Crippen LogP contribution is -2.29. The number of nitrogens with one attached hydrogen (secondary N) is 1. The molecule has 0 spiro atoms. The van der Waals surface area contributed by atoms with Crippen molar-refractivity contribution < 1.29 is 0 Å². The quantitative estimate of drug-likeness (QED) is 0.504. The van der Waals surface area contributed by atoms with Crippen molar-refractivity contribution in [1.29, 1.82) is 0 Å². The van der Waals surface area contributed by atoms with Crippen molar-refractivity contribution in [3.63, 3.8) is 0 Å². The van der Waals surface area contributed by atoms with Gasteiger partial charge in [-0.1, -0.05) is 35.9 Å². The van der Waals surface area contributed by atoms with E-state index in [-0.39, 0.29) is 6.04 Å². The normalized spacial score (nSPS) is 12.4. The lowest BCUT2D eigenvalue weighted by atomic mass is 9.94. The Kier molecular flexibility index (Phi) is 4.37. The minimum Gasteiger partial charge on any atom is -0.271 e. The first-order valence-corrected chi connectivity index (χ1v) is 6.98. The maximum atomic E-state index is 5.74. The van der Waals surface area contributed by atoms with E-state index in [2.05, 4.69) is 84.3 Å². The molecule has 2 rings (SSSR count). The summed E-state index contributed by atoms with van der Waals surface area (Å²) < 4.78 is 1.22. The van der Waals surface area contributed by atoms with Crippen LogP contribution >= 0.6 is 22.6 Å². The number of rotatable bonds is 3. The molecule has 0 amide bonds. The first kappa shape index (κ1) is 13.5. The second-order valence-corrected chi connectivity index (χ2v) is 5.76. The fourth-order valence-corrected chi connectivity index (χ4v) is 2.77. The molecule has 0 saturated heterocycles. The average molecular weight is 352 g/mol. The Balaban J connectivity index is 2.45. The summed E-state index contributed by atoms with van der Waals surface area (Å²) in [7, 11) is 0. The molecule has 18 heavy (non-hydrogen) atoms. The van der Waals surface area contributed by atoms with Gasteiger partial charge in [-0.05, 0) is 65.3 Å². The molecule has 0 aliphatic heterocycles. The predicted octanol–water partition coefficient (Wildman–Crippen LogP) is 3.46. The van der Waals surface area contributed by atoms with Gasteiger partial charge in [-0.15, -0.1) is 0 Å². The third-order valence-electron chi connectivity index (χ3n) is 3.08. The van der Waals surface area contributed by atoms with Crippen LogP contribution in [0.1, 0.15) is 28.3 Å². The zero-order valence-electron chi connectivity index (χ0n) is 10.6. The van der Waals surface area contributed by atoms with Gasteiger partial charge in [-0.25, -0.2) is 5.43 Å². The van der Waals surface area contributed by atoms with Crippen molar-refractivity contribution in [3.05, 3.63) is 68.3 Å². The van der Waals surface area contributed by atoms with Crippen molar-refractivity contribution in [2.24, 2.45) is 5.84 Å². The molecule has 0 saturated carbocycles. The Hall–Kier alpha value is -0.910. The Morgan fingerprint density at radius 3 is 2.50 bits per heavy atom. The minimum atomic E-state index is 0.0420. The molecule has 2 aromatic carbocycles. The number of hydrogen-bond acceptors (Lipinski definition) is 2. The van der Waals surface area contributed by atoms with E-state index in [1.807, 2.05) is 0 Å². The molecule has 94 valence electrons. The standard InChI is InChI=1S/C15H17IN2/c1-10-6-7-14(11(2)8-10)15(18-17)12-4-3-5-13(16)9-12/h3-9,15,18H,17H2,1-2H3. The maximum Gasteiger partial charge on any atom is 0.0713 e. The second kappa shape index (κ2) is 5.82. The summed E-state index contributed by atoms with van der Waals surface area (Å²) in [6.07, 6.45) is 0. The molecule has 0 aliphatic carbocycles. The Morgan fingerprint density at radius 1 is 1.11 bits per heavy atom. The number of hydrazine groups is 1. The molecule has 0 aromatic heterocycles. The van der Waals surface area contributed by atoms with Gasteiger partial charge in [0, 0.05) is 3.57 Å². The van der Waals surface area contributed by atoms with Crippen molar-refractivity contribution >= 4 is 22.6 Å². The highest BCUT2D eigenvalue weighted by atomic mass is 127. The Morgan fingerprint density at radius 2 is 1.89 bits per heavy atom. The van der Waals surface area contributed by atoms with E-state index in [1.165, 1.54) is 25.8 Å². The van der Waals surface area contributed by atoms with Crippen LogP contribution in [0.2, 0.25) is 0 Å². The largest absolute Gasteiger partial charge is 0.271 e. The van der Waals surface area contributed by atoms with Crippen molar-refractivity contribution in [2.45, 2.75) is 19.9 Å². The van der Waals surface area contributed by atoms with Gasteiger partial charge in [-0.3, -0.25) is 5.84 Å². The first-order chi connectivity index (χ1) is 8.61. The third kappa shape index (κ3) is 2.91. The molecule has 0 aliphatic rings. The number of nitrogens with two attached hydrogens (primary N) is 1. The summed E-state index contributed by atoms with van der Waals surface area (Å²) in [4.78, 5) is 0. The Labute approximate surface area is 122 Å². The highest BCUT2D eigenvalue weighted by Crippen LogP contribution is 2.25. The van der Waals surface area contributed by atoms with Gasteiger partial charge in [0.05, 0.1) is 6.04 Å². The molecule has 3 heteroatoms. The van der Waals surface area contributed by atoms with Crippen LogP contribution < -0.4 is 11.3 Å². The van der Waals surface area contributed by atoms with Crippen LogP contribution in [0.15, 0.2) is 42.5 Å². The summed E-state index contributed by atoms with van der Waals surface area (Å²) in [5, 5.41) is 0. The molecule has 1 atom stereocenters. The molecule has 3 N–H and O–H groups in total. The summed E-state index contributed by atoms with van der Waals surface area (Å²) in [5.41, 5.74) is 7.87. The highest BCUT2D eigenvalue weighted by Gasteiger charge is 2.14. The van der Waals surface area contributed by atoms with E-state index in [9.17, 15) is 0 Å². The van der Waals surface area contributed by atoms with Crippen molar-refractivity contribution in [2.75, 3.05) is 0 Å². The van der Waals surface area contributed by atoms with Crippen LogP contribution in [0.25, 0.3) is 0 Å². The molecular formula is C15H17IN2. The van der Waals surface area contributed by atoms with Crippen molar-refractivity contribution in [3.8, 4) is 0 Å². The summed E-state index contributed by atoms with van der Waals surface area (Å²) in [5.74, 6) is 5.74. The van der Waals surface area contributed by atoms with E-state index in [0.29, 0.717) is 0 Å². The average Bonchev–Trinajstić information content (AvgIpc) is 2.33. The number of aryl methyl sites for hydroxylation is 2. The zero-order valence-corrected chi connectivity index (χ0v) is 12.7. The minimum absolute atomic E-state index is 0.0420. The van der Waals surface area contributed by atoms with Crippen LogP contribution in [0.5, 0.6) is 0 Å². The molecular weight excluding hydrogens is 335 g/mol. The number of halogens is 1. The fraction of sp³-hybridized carbons (Fsp3) is 0.200. The molecule has 0 fully saturated rings. The molecule has 0 heterocycles. The first-order valence-electron chi connectivity index (χ1n) is 5.90. The van der Waals surface area contributed by atoms with Crippen LogP contribution in [0.4, 0.5) is 0 Å². The van der Waals surface area contributed by atoms with Gasteiger partial charge in [0.2, 0.25) is 0 Å². The van der Waals surface area contributed by atoms with Gasteiger partial charge >= 0.3 is 0 Å². The van der Waals surface area contributed by atoms with Gasteiger partial charge in [-0.2, -0.15) is 0 Å². The van der Waals surface area contributed by atoms with Gasteiger partial charge in [0.15, 0.2) is 0 Å². The lowest BCUT2D eigenvalue weighted by molar-refractivity contribution is 0.633. The van der Waals surface area contributed by atoms with Crippen LogP contribution in [0, 0.1) is 17.4 Å². The highest BCUT2D eigenvalue weighted by molar-refractivity contribution is 14.1. The van der Waals surface area contributed by atoms with Crippen LogP contribution in [0.3, 0.4) is 0 Å². The van der Waals surface area contributed by atoms with Gasteiger partial charge < -0.3 is 0 Å². The van der Waals surface area contributed by atoms with E-state index in [0.717, 1.165) is 0 Å². The summed E-state index contributed by atoms with van der Waals surface area (Å²) in [6, 6.07) is 14.9. The van der Waals surface area contributed by atoms with Gasteiger partial charge in [0.1, 0.15) is 0 Å². The topological polar surface area (TPSA) is 38.0 Å². The number of hydrogen-bond donors (Lipinski definition) is 2. The molecule has 2 aromatic rings. The number of benzene rings is 2. The Bertz CT molecular complexity index is 552. The molecule has 0 radical (unpaired) electrons. The van der Waals surface area contributed by atoms with E-state index < -0.39 is 0 Å². The third-order valence-corrected chi connectivity index (χ3v) is 3.76. The van der Waals surface area contributed by atoms with Crippen LogP contribution in [-0.4, -0.2) is 0 Å².